The molecule has 0 amide bonds. The quantitative estimate of drug-likeness (QED) is 0.785. The van der Waals surface area contributed by atoms with Crippen LogP contribution in [0.1, 0.15) is 5.69 Å². The molecule has 0 atom stereocenters. The number of rotatable bonds is 7. The average Bonchev–Trinajstić information content (AvgIpc) is 2.78. The van der Waals surface area contributed by atoms with Gasteiger partial charge in [0, 0.05) is 45.7 Å². The van der Waals surface area contributed by atoms with Crippen LogP contribution in [0.3, 0.4) is 0 Å². The van der Waals surface area contributed by atoms with Gasteiger partial charge >= 0.3 is 0 Å². The fourth-order valence-electron chi connectivity index (χ4n) is 1.97. The van der Waals surface area contributed by atoms with Gasteiger partial charge in [-0.25, -0.2) is 4.98 Å². The summed E-state index contributed by atoms with van der Waals surface area (Å²) in [5, 5.41) is 0. The molecule has 0 spiro atoms. The lowest BCUT2D eigenvalue weighted by atomic mass is 10.4. The molecule has 0 unspecified atom stereocenters. The standard InChI is InChI=1S/C13H20N4O/c1-18-9-8-16(7-5-14)10-12-11-17-6-3-2-4-13(17)15-12/h2-4,6,11H,5,7-10,14H2,1H3. The predicted molar refractivity (Wildman–Crippen MR) is 71.4 cm³/mol. The minimum Gasteiger partial charge on any atom is -0.383 e. The molecule has 2 heterocycles. The Kier molecular flexibility index (Phi) is 4.69. The Morgan fingerprint density at radius 2 is 2.28 bits per heavy atom. The maximum atomic E-state index is 5.62. The van der Waals surface area contributed by atoms with E-state index in [1.54, 1.807) is 7.11 Å². The number of nitrogens with two attached hydrogens (primary N) is 1. The van der Waals surface area contributed by atoms with Crippen molar-refractivity contribution in [3.05, 3.63) is 36.3 Å². The summed E-state index contributed by atoms with van der Waals surface area (Å²) in [6.07, 6.45) is 4.07. The summed E-state index contributed by atoms with van der Waals surface area (Å²) in [4.78, 5) is 6.84. The predicted octanol–water partition coefficient (Wildman–Crippen LogP) is 0.741. The number of hydrogen-bond donors (Lipinski definition) is 1. The van der Waals surface area contributed by atoms with Gasteiger partial charge < -0.3 is 14.9 Å². The van der Waals surface area contributed by atoms with Crippen molar-refractivity contribution in [2.75, 3.05) is 33.4 Å². The zero-order chi connectivity index (χ0) is 12.8. The molecule has 0 aliphatic rings. The number of pyridine rings is 1. The highest BCUT2D eigenvalue weighted by Crippen LogP contribution is 2.07. The van der Waals surface area contributed by atoms with Gasteiger partial charge in [-0.2, -0.15) is 0 Å². The number of hydrogen-bond acceptors (Lipinski definition) is 4. The molecule has 0 saturated heterocycles. The smallest absolute Gasteiger partial charge is 0.137 e. The molecule has 2 aromatic heterocycles. The normalized spacial score (nSPS) is 11.5. The molecular weight excluding hydrogens is 228 g/mol. The summed E-state index contributed by atoms with van der Waals surface area (Å²) in [6.45, 7) is 3.91. The summed E-state index contributed by atoms with van der Waals surface area (Å²) in [5.41, 5.74) is 7.66. The van der Waals surface area contributed by atoms with E-state index in [1.807, 2.05) is 28.8 Å². The van der Waals surface area contributed by atoms with E-state index >= 15 is 0 Å². The molecule has 0 aliphatic heterocycles. The van der Waals surface area contributed by atoms with E-state index in [9.17, 15) is 0 Å². The zero-order valence-electron chi connectivity index (χ0n) is 10.7. The molecule has 5 heteroatoms. The third kappa shape index (κ3) is 3.29. The third-order valence-corrected chi connectivity index (χ3v) is 2.86. The first kappa shape index (κ1) is 13.0. The lowest BCUT2D eigenvalue weighted by molar-refractivity contribution is 0.145. The van der Waals surface area contributed by atoms with E-state index in [0.29, 0.717) is 13.2 Å². The Hall–Kier alpha value is -1.43. The van der Waals surface area contributed by atoms with Crippen molar-refractivity contribution < 1.29 is 4.74 Å². The topological polar surface area (TPSA) is 55.8 Å². The number of imidazole rings is 1. The second-order valence-corrected chi connectivity index (χ2v) is 4.26. The summed E-state index contributed by atoms with van der Waals surface area (Å²) >= 11 is 0. The van der Waals surface area contributed by atoms with Crippen molar-refractivity contribution in [2.24, 2.45) is 5.73 Å². The van der Waals surface area contributed by atoms with Crippen molar-refractivity contribution in [2.45, 2.75) is 6.54 Å². The molecule has 0 radical (unpaired) electrons. The fraction of sp³-hybridized carbons (Fsp3) is 0.462. The molecule has 0 saturated carbocycles. The van der Waals surface area contributed by atoms with Crippen LogP contribution in [0.5, 0.6) is 0 Å². The van der Waals surface area contributed by atoms with Crippen molar-refractivity contribution in [1.82, 2.24) is 14.3 Å². The maximum absolute atomic E-state index is 5.62. The number of ether oxygens (including phenoxy) is 1. The summed E-state index contributed by atoms with van der Waals surface area (Å²) in [6, 6.07) is 6.00. The molecular formula is C13H20N4O. The summed E-state index contributed by atoms with van der Waals surface area (Å²) in [5.74, 6) is 0. The molecule has 18 heavy (non-hydrogen) atoms. The number of nitrogens with zero attached hydrogens (tertiary/aromatic N) is 3. The lowest BCUT2D eigenvalue weighted by Gasteiger charge is -2.19. The highest BCUT2D eigenvalue weighted by atomic mass is 16.5. The van der Waals surface area contributed by atoms with E-state index in [1.165, 1.54) is 0 Å². The van der Waals surface area contributed by atoms with Crippen molar-refractivity contribution in [3.8, 4) is 0 Å². The zero-order valence-corrected chi connectivity index (χ0v) is 10.7. The van der Waals surface area contributed by atoms with Crippen LogP contribution in [-0.4, -0.2) is 47.6 Å². The van der Waals surface area contributed by atoms with E-state index < -0.39 is 0 Å². The fourth-order valence-corrected chi connectivity index (χ4v) is 1.97. The Bertz CT molecular complexity index is 450. The second-order valence-electron chi connectivity index (χ2n) is 4.26. The largest absolute Gasteiger partial charge is 0.383 e. The van der Waals surface area contributed by atoms with E-state index in [4.69, 9.17) is 10.5 Å². The first-order chi connectivity index (χ1) is 8.83. The summed E-state index contributed by atoms with van der Waals surface area (Å²) < 4.78 is 7.14. The number of methoxy groups -OCH3 is 1. The highest BCUT2D eigenvalue weighted by molar-refractivity contribution is 5.39. The summed E-state index contributed by atoms with van der Waals surface area (Å²) in [7, 11) is 1.71. The molecule has 0 aliphatic carbocycles. The van der Waals surface area contributed by atoms with Crippen LogP contribution >= 0.6 is 0 Å². The van der Waals surface area contributed by atoms with E-state index in [-0.39, 0.29) is 0 Å². The van der Waals surface area contributed by atoms with Crippen LogP contribution in [0.25, 0.3) is 5.65 Å². The van der Waals surface area contributed by atoms with E-state index in [0.717, 1.165) is 31.0 Å². The molecule has 0 fully saturated rings. The first-order valence-electron chi connectivity index (χ1n) is 6.17. The SMILES string of the molecule is COCCN(CCN)Cc1cn2ccccc2n1. The van der Waals surface area contributed by atoms with E-state index in [2.05, 4.69) is 16.1 Å². The van der Waals surface area contributed by atoms with Gasteiger partial charge in [0.05, 0.1) is 12.3 Å². The minimum atomic E-state index is 0.650. The van der Waals surface area contributed by atoms with Crippen molar-refractivity contribution in [1.29, 1.82) is 0 Å². The first-order valence-corrected chi connectivity index (χ1v) is 6.17. The van der Waals surface area contributed by atoms with Crippen LogP contribution in [0, 0.1) is 0 Å². The lowest BCUT2D eigenvalue weighted by Crippen LogP contribution is -2.32. The van der Waals surface area contributed by atoms with Crippen molar-refractivity contribution >= 4 is 5.65 Å². The van der Waals surface area contributed by atoms with Crippen molar-refractivity contribution in [3.63, 3.8) is 0 Å². The highest BCUT2D eigenvalue weighted by Gasteiger charge is 2.08. The molecule has 0 bridgehead atoms. The number of aromatic nitrogens is 2. The van der Waals surface area contributed by atoms with Gasteiger partial charge in [0.25, 0.3) is 0 Å². The molecule has 0 aromatic carbocycles. The average molecular weight is 248 g/mol. The molecule has 2 rings (SSSR count). The molecule has 2 aromatic rings. The van der Waals surface area contributed by atoms with Crippen LogP contribution in [-0.2, 0) is 11.3 Å². The van der Waals surface area contributed by atoms with Crippen LogP contribution in [0.4, 0.5) is 0 Å². The Morgan fingerprint density at radius 3 is 3.00 bits per heavy atom. The monoisotopic (exact) mass is 248 g/mol. The van der Waals surface area contributed by atoms with Gasteiger partial charge in [0.15, 0.2) is 0 Å². The third-order valence-electron chi connectivity index (χ3n) is 2.86. The minimum absolute atomic E-state index is 0.650. The van der Waals surface area contributed by atoms with Gasteiger partial charge in [-0.15, -0.1) is 0 Å². The Balaban J connectivity index is 2.05. The van der Waals surface area contributed by atoms with Gasteiger partial charge in [0.1, 0.15) is 5.65 Å². The van der Waals surface area contributed by atoms with Crippen LogP contribution < -0.4 is 5.73 Å². The molecule has 2 N–H and O–H groups in total. The molecule has 5 nitrogen and oxygen atoms in total. The maximum Gasteiger partial charge on any atom is 0.137 e. The second kappa shape index (κ2) is 6.49. The van der Waals surface area contributed by atoms with Gasteiger partial charge in [0.2, 0.25) is 0 Å². The number of fused-ring (bicyclic) bond motifs is 1. The molecule has 98 valence electrons. The van der Waals surface area contributed by atoms with Gasteiger partial charge in [-0.3, -0.25) is 4.90 Å². The van der Waals surface area contributed by atoms with Gasteiger partial charge in [-0.1, -0.05) is 6.07 Å². The van der Waals surface area contributed by atoms with Crippen LogP contribution in [0.2, 0.25) is 0 Å². The van der Waals surface area contributed by atoms with Crippen LogP contribution in [0.15, 0.2) is 30.6 Å². The Morgan fingerprint density at radius 1 is 1.39 bits per heavy atom. The van der Waals surface area contributed by atoms with Gasteiger partial charge in [-0.05, 0) is 12.1 Å². The Labute approximate surface area is 107 Å².